The average molecular weight is 462 g/mol. The van der Waals surface area contributed by atoms with Gasteiger partial charge in [0, 0.05) is 29.3 Å². The number of hydrogen-bond acceptors (Lipinski definition) is 6. The zero-order chi connectivity index (χ0) is 24.3. The van der Waals surface area contributed by atoms with E-state index in [-0.39, 0.29) is 25.4 Å². The van der Waals surface area contributed by atoms with Gasteiger partial charge in [0.05, 0.1) is 13.2 Å². The van der Waals surface area contributed by atoms with Crippen LogP contribution in [0.15, 0.2) is 69.9 Å². The van der Waals surface area contributed by atoms with Crippen LogP contribution in [0.2, 0.25) is 0 Å². The fourth-order valence-corrected chi connectivity index (χ4v) is 4.23. The van der Waals surface area contributed by atoms with E-state index in [0.29, 0.717) is 17.4 Å². The summed E-state index contributed by atoms with van der Waals surface area (Å²) in [6.07, 6.45) is -0.159. The van der Waals surface area contributed by atoms with Crippen LogP contribution in [0.3, 0.4) is 0 Å². The molecule has 2 aromatic heterocycles. The minimum Gasteiger partial charge on any atom is -0.465 e. The maximum Gasteiger partial charge on any atom is 0.360 e. The molecule has 176 valence electrons. The molecule has 4 aromatic rings. The van der Waals surface area contributed by atoms with Crippen molar-refractivity contribution in [2.75, 3.05) is 13.2 Å². The number of rotatable bonds is 8. The van der Waals surface area contributed by atoms with E-state index in [1.54, 1.807) is 19.9 Å². The molecule has 0 atom stereocenters. The van der Waals surface area contributed by atoms with Crippen molar-refractivity contribution in [1.29, 1.82) is 0 Å². The monoisotopic (exact) mass is 461 g/mol. The summed E-state index contributed by atoms with van der Waals surface area (Å²) in [7, 11) is 0. The summed E-state index contributed by atoms with van der Waals surface area (Å²) in [5.41, 5.74) is 0.200. The Morgan fingerprint density at radius 2 is 1.53 bits per heavy atom. The first-order valence-corrected chi connectivity index (χ1v) is 11.3. The summed E-state index contributed by atoms with van der Waals surface area (Å²) in [6, 6.07) is 19.3. The van der Waals surface area contributed by atoms with Gasteiger partial charge in [-0.2, -0.15) is 0 Å². The van der Waals surface area contributed by atoms with Gasteiger partial charge in [-0.1, -0.05) is 48.5 Å². The summed E-state index contributed by atoms with van der Waals surface area (Å²) < 4.78 is 17.9. The highest BCUT2D eigenvalue weighted by molar-refractivity contribution is 6.08. The van der Waals surface area contributed by atoms with E-state index in [9.17, 15) is 14.4 Å². The first-order valence-electron chi connectivity index (χ1n) is 11.3. The molecular weight excluding hydrogens is 434 g/mol. The zero-order valence-corrected chi connectivity index (χ0v) is 19.5. The number of carbonyl (C=O) groups excluding carboxylic acids is 2. The maximum atomic E-state index is 13.2. The van der Waals surface area contributed by atoms with Crippen molar-refractivity contribution in [2.24, 2.45) is 5.41 Å². The van der Waals surface area contributed by atoms with Crippen LogP contribution in [0.25, 0.3) is 21.8 Å². The molecular formula is C27H27NO6. The molecule has 0 aliphatic rings. The molecule has 0 saturated heterocycles. The normalized spacial score (nSPS) is 11.6. The highest BCUT2D eigenvalue weighted by Gasteiger charge is 2.45. The van der Waals surface area contributed by atoms with Gasteiger partial charge in [-0.05, 0) is 38.5 Å². The van der Waals surface area contributed by atoms with Crippen LogP contribution in [0, 0.1) is 5.41 Å². The molecule has 34 heavy (non-hydrogen) atoms. The lowest BCUT2D eigenvalue weighted by Crippen LogP contribution is -2.41. The van der Waals surface area contributed by atoms with E-state index in [4.69, 9.17) is 13.9 Å². The molecule has 0 amide bonds. The van der Waals surface area contributed by atoms with Crippen molar-refractivity contribution in [3.05, 3.63) is 82.4 Å². The standard InChI is InChI=1S/C27H27NO6/c1-4-32-25(30)27(3,26(31)33-5-2)16-19-15-21-20-13-9-10-14-22(20)28(23(21)24(29)34-19)17-18-11-7-6-8-12-18/h6-15H,4-5,16-17H2,1-3H3. The maximum absolute atomic E-state index is 13.2. The van der Waals surface area contributed by atoms with Crippen LogP contribution in [-0.2, 0) is 32.0 Å². The first-order chi connectivity index (χ1) is 16.4. The summed E-state index contributed by atoms with van der Waals surface area (Å²) in [4.78, 5) is 38.7. The quantitative estimate of drug-likeness (QED) is 0.284. The molecule has 0 aliphatic heterocycles. The molecule has 0 bridgehead atoms. The SMILES string of the molecule is CCOC(=O)C(C)(Cc1cc2c3ccccc3n(Cc3ccccc3)c2c(=O)o1)C(=O)OCC. The number of aromatic nitrogens is 1. The van der Waals surface area contributed by atoms with E-state index < -0.39 is 23.0 Å². The molecule has 0 aliphatic carbocycles. The highest BCUT2D eigenvalue weighted by Crippen LogP contribution is 2.32. The van der Waals surface area contributed by atoms with Gasteiger partial charge in [0.15, 0.2) is 5.41 Å². The van der Waals surface area contributed by atoms with Gasteiger partial charge in [0.2, 0.25) is 0 Å². The lowest BCUT2D eigenvalue weighted by Gasteiger charge is -2.24. The second kappa shape index (κ2) is 9.55. The van der Waals surface area contributed by atoms with Gasteiger partial charge in [-0.25, -0.2) is 4.79 Å². The van der Waals surface area contributed by atoms with Gasteiger partial charge in [0.1, 0.15) is 11.3 Å². The first kappa shape index (κ1) is 23.3. The van der Waals surface area contributed by atoms with Crippen LogP contribution in [0.5, 0.6) is 0 Å². The van der Waals surface area contributed by atoms with Crippen LogP contribution in [-0.4, -0.2) is 29.7 Å². The number of ether oxygens (including phenoxy) is 2. The third kappa shape index (κ3) is 4.21. The molecule has 0 N–H and O–H groups in total. The topological polar surface area (TPSA) is 87.7 Å². The van der Waals surface area contributed by atoms with Crippen molar-refractivity contribution >= 4 is 33.7 Å². The number of hydrogen-bond donors (Lipinski definition) is 0. The molecule has 2 heterocycles. The average Bonchev–Trinajstić information content (AvgIpc) is 3.14. The van der Waals surface area contributed by atoms with Gasteiger partial charge < -0.3 is 18.5 Å². The van der Waals surface area contributed by atoms with Crippen molar-refractivity contribution in [2.45, 2.75) is 33.7 Å². The summed E-state index contributed by atoms with van der Waals surface area (Å²) in [5, 5.41) is 1.59. The minimum absolute atomic E-state index is 0.115. The van der Waals surface area contributed by atoms with Crippen molar-refractivity contribution in [3.8, 4) is 0 Å². The summed E-state index contributed by atoms with van der Waals surface area (Å²) in [5.74, 6) is -1.23. The lowest BCUT2D eigenvalue weighted by atomic mass is 9.85. The Hall–Kier alpha value is -3.87. The lowest BCUT2D eigenvalue weighted by molar-refractivity contribution is -0.170. The van der Waals surface area contributed by atoms with Crippen LogP contribution in [0.1, 0.15) is 32.1 Å². The number of benzene rings is 2. The molecule has 7 heteroatoms. The third-order valence-electron chi connectivity index (χ3n) is 5.90. The Labute approximate surface area is 196 Å². The Kier molecular flexibility index (Phi) is 6.54. The van der Waals surface area contributed by atoms with Crippen molar-refractivity contribution < 1.29 is 23.5 Å². The molecule has 0 fully saturated rings. The van der Waals surface area contributed by atoms with Crippen LogP contribution < -0.4 is 5.63 Å². The molecule has 2 aromatic carbocycles. The molecule has 7 nitrogen and oxygen atoms in total. The predicted molar refractivity (Wildman–Crippen MR) is 129 cm³/mol. The molecule has 4 rings (SSSR count). The van der Waals surface area contributed by atoms with E-state index in [0.717, 1.165) is 16.5 Å². The van der Waals surface area contributed by atoms with Gasteiger partial charge in [-0.3, -0.25) is 9.59 Å². The number of carbonyl (C=O) groups is 2. The van der Waals surface area contributed by atoms with E-state index in [1.165, 1.54) is 6.92 Å². The van der Waals surface area contributed by atoms with Crippen LogP contribution >= 0.6 is 0 Å². The molecule has 0 radical (unpaired) electrons. The molecule has 0 saturated carbocycles. The largest absolute Gasteiger partial charge is 0.465 e. The summed E-state index contributed by atoms with van der Waals surface area (Å²) in [6.45, 7) is 5.51. The summed E-state index contributed by atoms with van der Waals surface area (Å²) >= 11 is 0. The fourth-order valence-electron chi connectivity index (χ4n) is 4.23. The molecule has 0 unspecified atom stereocenters. The zero-order valence-electron chi connectivity index (χ0n) is 19.5. The van der Waals surface area contributed by atoms with E-state index >= 15 is 0 Å². The Morgan fingerprint density at radius 1 is 0.912 bits per heavy atom. The predicted octanol–water partition coefficient (Wildman–Crippen LogP) is 4.47. The Balaban J connectivity index is 1.85. The fraction of sp³-hybridized carbons (Fsp3) is 0.296. The number of esters is 2. The van der Waals surface area contributed by atoms with Crippen molar-refractivity contribution in [1.82, 2.24) is 4.57 Å². The number of fused-ring (bicyclic) bond motifs is 3. The van der Waals surface area contributed by atoms with Gasteiger partial charge in [0.25, 0.3) is 0 Å². The second-order valence-corrected chi connectivity index (χ2v) is 8.30. The van der Waals surface area contributed by atoms with E-state index in [1.807, 2.05) is 59.2 Å². The second-order valence-electron chi connectivity index (χ2n) is 8.30. The van der Waals surface area contributed by atoms with Crippen LogP contribution in [0.4, 0.5) is 0 Å². The Bertz CT molecular complexity index is 1380. The van der Waals surface area contributed by atoms with E-state index in [2.05, 4.69) is 0 Å². The van der Waals surface area contributed by atoms with Gasteiger partial charge in [-0.15, -0.1) is 0 Å². The smallest absolute Gasteiger partial charge is 0.360 e. The minimum atomic E-state index is -1.64. The highest BCUT2D eigenvalue weighted by atomic mass is 16.6. The number of nitrogens with zero attached hydrogens (tertiary/aromatic N) is 1. The molecule has 0 spiro atoms. The van der Waals surface area contributed by atoms with Crippen molar-refractivity contribution in [3.63, 3.8) is 0 Å². The van der Waals surface area contributed by atoms with Gasteiger partial charge >= 0.3 is 17.6 Å². The number of para-hydroxylation sites is 1. The Morgan fingerprint density at radius 3 is 2.18 bits per heavy atom. The third-order valence-corrected chi connectivity index (χ3v) is 5.90.